The number of carbonyl (C=O) groups excluding carboxylic acids is 3. The van der Waals surface area contributed by atoms with Crippen LogP contribution in [0.3, 0.4) is 0 Å². The first-order valence-corrected chi connectivity index (χ1v) is 10.6. The van der Waals surface area contributed by atoms with Crippen LogP contribution in [0.5, 0.6) is 0 Å². The summed E-state index contributed by atoms with van der Waals surface area (Å²) in [7, 11) is 0. The largest absolute Gasteiger partial charge is 0.466 e. The molecule has 1 aromatic carbocycles. The molecule has 2 bridgehead atoms. The molecule has 1 spiro atoms. The molecule has 0 aromatic heterocycles. The van der Waals surface area contributed by atoms with E-state index in [-0.39, 0.29) is 25.7 Å². The third-order valence-corrected chi connectivity index (χ3v) is 6.63. The number of rotatable bonds is 7. The Bertz CT molecular complexity index is 864. The molecule has 3 heterocycles. The highest BCUT2D eigenvalue weighted by molar-refractivity contribution is 6.33. The Hall–Kier alpha value is -2.16. The molecule has 2 N–H and O–H groups in total. The van der Waals surface area contributed by atoms with Crippen molar-refractivity contribution < 1.29 is 29.0 Å². The fraction of sp³-hybridized carbons (Fsp3) is 0.571. The number of hydrogen-bond donors (Lipinski definition) is 2. The molecule has 2 unspecified atom stereocenters. The average molecular weight is 437 g/mol. The molecule has 2 amide bonds. The van der Waals surface area contributed by atoms with Gasteiger partial charge < -0.3 is 24.8 Å². The molecule has 9 heteroatoms. The van der Waals surface area contributed by atoms with Crippen LogP contribution in [0.1, 0.15) is 26.2 Å². The van der Waals surface area contributed by atoms with Crippen molar-refractivity contribution in [1.82, 2.24) is 4.90 Å². The van der Waals surface area contributed by atoms with Crippen LogP contribution in [-0.2, 0) is 23.9 Å². The van der Waals surface area contributed by atoms with Crippen molar-refractivity contribution in [3.63, 3.8) is 0 Å². The van der Waals surface area contributed by atoms with Crippen molar-refractivity contribution >= 4 is 35.1 Å². The highest BCUT2D eigenvalue weighted by Crippen LogP contribution is 2.58. The van der Waals surface area contributed by atoms with E-state index in [0.29, 0.717) is 30.0 Å². The molecule has 8 nitrogen and oxygen atoms in total. The Morgan fingerprint density at radius 1 is 1.40 bits per heavy atom. The quantitative estimate of drug-likeness (QED) is 0.629. The number of nitrogens with one attached hydrogen (secondary N) is 1. The molecule has 0 aliphatic carbocycles. The Kier molecular flexibility index (Phi) is 5.74. The first-order chi connectivity index (χ1) is 14.4. The SMILES string of the molecule is CCOC(=O)[C@@H]1[C@H]2C(=O)N(CCCO)C(C(=O)Nc3ccccc3Cl)C23CC[C@H]1O3. The van der Waals surface area contributed by atoms with E-state index in [4.69, 9.17) is 21.1 Å². The van der Waals surface area contributed by atoms with Crippen molar-refractivity contribution in [1.29, 1.82) is 0 Å². The van der Waals surface area contributed by atoms with E-state index in [1.165, 1.54) is 4.90 Å². The van der Waals surface area contributed by atoms with Gasteiger partial charge in [-0.3, -0.25) is 14.4 Å². The Labute approximate surface area is 179 Å². The number of hydrogen-bond acceptors (Lipinski definition) is 6. The second-order valence-electron chi connectivity index (χ2n) is 7.89. The topological polar surface area (TPSA) is 105 Å². The van der Waals surface area contributed by atoms with E-state index in [2.05, 4.69) is 5.32 Å². The number of amides is 2. The zero-order valence-corrected chi connectivity index (χ0v) is 17.4. The van der Waals surface area contributed by atoms with Gasteiger partial charge >= 0.3 is 5.97 Å². The van der Waals surface area contributed by atoms with E-state index in [0.717, 1.165) is 0 Å². The van der Waals surface area contributed by atoms with Crippen molar-refractivity contribution in [2.75, 3.05) is 25.1 Å². The van der Waals surface area contributed by atoms with Crippen molar-refractivity contribution in [3.05, 3.63) is 29.3 Å². The molecule has 3 saturated heterocycles. The predicted molar refractivity (Wildman–Crippen MR) is 108 cm³/mol. The molecule has 3 aliphatic heterocycles. The average Bonchev–Trinajstić information content (AvgIpc) is 3.35. The van der Waals surface area contributed by atoms with Crippen LogP contribution in [0, 0.1) is 11.8 Å². The van der Waals surface area contributed by atoms with Gasteiger partial charge in [-0.25, -0.2) is 0 Å². The number of aliphatic hydroxyl groups excluding tert-OH is 1. The van der Waals surface area contributed by atoms with Crippen molar-refractivity contribution in [3.8, 4) is 0 Å². The molecule has 3 aliphatic rings. The highest BCUT2D eigenvalue weighted by atomic mass is 35.5. The van der Waals surface area contributed by atoms with Crippen LogP contribution in [0.2, 0.25) is 5.02 Å². The molecule has 162 valence electrons. The van der Waals surface area contributed by atoms with Crippen molar-refractivity contribution in [2.45, 2.75) is 43.9 Å². The Morgan fingerprint density at radius 2 is 2.17 bits per heavy atom. The number of anilines is 1. The van der Waals surface area contributed by atoms with Gasteiger partial charge in [-0.2, -0.15) is 0 Å². The van der Waals surface area contributed by atoms with Gasteiger partial charge in [0.05, 0.1) is 35.3 Å². The standard InChI is InChI=1S/C21H25ClN2O6/c1-2-29-20(28)15-14-8-9-21(30-14)16(15)19(27)24(10-5-11-25)17(21)18(26)23-13-7-4-3-6-12(13)22/h3-4,6-7,14-17,25H,2,5,8-11H2,1H3,(H,23,26)/t14-,15+,16+,17?,21?/m1/s1. The normalized spacial score (nSPS) is 31.7. The third-order valence-electron chi connectivity index (χ3n) is 6.30. The van der Waals surface area contributed by atoms with Crippen LogP contribution in [0.25, 0.3) is 0 Å². The van der Waals surface area contributed by atoms with E-state index in [9.17, 15) is 19.5 Å². The fourth-order valence-electron chi connectivity index (χ4n) is 5.21. The molecule has 3 fully saturated rings. The third kappa shape index (κ3) is 3.18. The van der Waals surface area contributed by atoms with Gasteiger partial charge in [0.2, 0.25) is 11.8 Å². The summed E-state index contributed by atoms with van der Waals surface area (Å²) in [5, 5.41) is 12.5. The number of esters is 1. The Balaban J connectivity index is 1.69. The maximum Gasteiger partial charge on any atom is 0.312 e. The number of aliphatic hydroxyl groups is 1. The number of likely N-dealkylation sites (tertiary alicyclic amines) is 1. The fourth-order valence-corrected chi connectivity index (χ4v) is 5.39. The molecular formula is C21H25ClN2O6. The minimum atomic E-state index is -1.08. The summed E-state index contributed by atoms with van der Waals surface area (Å²) in [5.74, 6) is -2.67. The predicted octanol–water partition coefficient (Wildman–Crippen LogP) is 1.60. The van der Waals surface area contributed by atoms with Crippen molar-refractivity contribution in [2.24, 2.45) is 11.8 Å². The number of nitrogens with zero attached hydrogens (tertiary/aromatic N) is 1. The molecule has 1 aromatic rings. The molecule has 4 rings (SSSR count). The van der Waals surface area contributed by atoms with Crippen LogP contribution in [0.4, 0.5) is 5.69 Å². The van der Waals surface area contributed by atoms with Gasteiger partial charge in [0.15, 0.2) is 0 Å². The van der Waals surface area contributed by atoms with Gasteiger partial charge in [-0.15, -0.1) is 0 Å². The highest BCUT2D eigenvalue weighted by Gasteiger charge is 2.74. The number of ether oxygens (including phenoxy) is 2. The second-order valence-corrected chi connectivity index (χ2v) is 8.29. The van der Waals surface area contributed by atoms with E-state index < -0.39 is 41.5 Å². The Morgan fingerprint density at radius 3 is 2.87 bits per heavy atom. The molecule has 30 heavy (non-hydrogen) atoms. The van der Waals surface area contributed by atoms with E-state index >= 15 is 0 Å². The van der Waals surface area contributed by atoms with Crippen LogP contribution >= 0.6 is 11.6 Å². The summed E-state index contributed by atoms with van der Waals surface area (Å²) in [5.41, 5.74) is -0.645. The second kappa shape index (κ2) is 8.17. The molecule has 5 atom stereocenters. The number of para-hydroxylation sites is 1. The smallest absolute Gasteiger partial charge is 0.312 e. The number of halogens is 1. The zero-order valence-electron chi connectivity index (χ0n) is 16.7. The summed E-state index contributed by atoms with van der Waals surface area (Å²) < 4.78 is 11.4. The summed E-state index contributed by atoms with van der Waals surface area (Å²) in [6.07, 6.45) is 0.961. The van der Waals surface area contributed by atoms with Gasteiger partial charge in [0.1, 0.15) is 11.6 Å². The minimum Gasteiger partial charge on any atom is -0.466 e. The first-order valence-electron chi connectivity index (χ1n) is 10.3. The molecule has 0 saturated carbocycles. The van der Waals surface area contributed by atoms with Gasteiger partial charge in [0, 0.05) is 13.2 Å². The lowest BCUT2D eigenvalue weighted by Crippen LogP contribution is -2.53. The maximum absolute atomic E-state index is 13.4. The van der Waals surface area contributed by atoms with E-state index in [1.54, 1.807) is 31.2 Å². The van der Waals surface area contributed by atoms with E-state index in [1.807, 2.05) is 0 Å². The van der Waals surface area contributed by atoms with Crippen LogP contribution < -0.4 is 5.32 Å². The summed E-state index contributed by atoms with van der Waals surface area (Å²) >= 11 is 6.19. The maximum atomic E-state index is 13.4. The lowest BCUT2D eigenvalue weighted by molar-refractivity contribution is -0.154. The van der Waals surface area contributed by atoms with Gasteiger partial charge in [-0.1, -0.05) is 23.7 Å². The monoisotopic (exact) mass is 436 g/mol. The molecular weight excluding hydrogens is 412 g/mol. The first kappa shape index (κ1) is 21.1. The van der Waals surface area contributed by atoms with Crippen LogP contribution in [0.15, 0.2) is 24.3 Å². The van der Waals surface area contributed by atoms with Crippen LogP contribution in [-0.4, -0.2) is 65.3 Å². The summed E-state index contributed by atoms with van der Waals surface area (Å²) in [6, 6.07) is 5.93. The number of carbonyl (C=O) groups is 3. The lowest BCUT2D eigenvalue weighted by Gasteiger charge is -2.33. The lowest BCUT2D eigenvalue weighted by atomic mass is 9.71. The zero-order chi connectivity index (χ0) is 21.5. The number of fused-ring (bicyclic) bond motifs is 1. The van der Waals surface area contributed by atoms with Gasteiger partial charge in [0.25, 0.3) is 0 Å². The number of benzene rings is 1. The minimum absolute atomic E-state index is 0.120. The summed E-state index contributed by atoms with van der Waals surface area (Å²) in [4.78, 5) is 40.8. The molecule has 0 radical (unpaired) electrons. The van der Waals surface area contributed by atoms with Gasteiger partial charge in [-0.05, 0) is 38.3 Å². The summed E-state index contributed by atoms with van der Waals surface area (Å²) in [6.45, 7) is 2.00.